The van der Waals surface area contributed by atoms with Crippen LogP contribution in [0.3, 0.4) is 0 Å². The lowest BCUT2D eigenvalue weighted by molar-refractivity contribution is -0.123. The van der Waals surface area contributed by atoms with E-state index in [1.165, 1.54) is 4.90 Å². The van der Waals surface area contributed by atoms with Crippen molar-refractivity contribution in [1.29, 1.82) is 0 Å². The predicted octanol–water partition coefficient (Wildman–Crippen LogP) is 3.74. The Kier molecular flexibility index (Phi) is 6.90. The number of nitrogens with zero attached hydrogens (tertiary/aromatic N) is 1. The van der Waals surface area contributed by atoms with Gasteiger partial charge in [0.25, 0.3) is 0 Å². The molecule has 4 rings (SSSR count). The SMILES string of the molecule is O=C1CN(C(=O)N[C@H](Cc2ccccc2)C(=O)NCc2ccc(Cl)cc2)c2ccccc2N1. The number of hydrogen-bond acceptors (Lipinski definition) is 3. The molecule has 0 aliphatic carbocycles. The fraction of sp³-hybridized carbons (Fsp3) is 0.160. The van der Waals surface area contributed by atoms with Crippen molar-refractivity contribution in [3.05, 3.63) is 95.0 Å². The fourth-order valence-electron chi connectivity index (χ4n) is 3.62. The van der Waals surface area contributed by atoms with Gasteiger partial charge in [-0.05, 0) is 35.4 Å². The van der Waals surface area contributed by atoms with Crippen LogP contribution in [-0.2, 0) is 22.6 Å². The van der Waals surface area contributed by atoms with Gasteiger partial charge < -0.3 is 16.0 Å². The molecule has 7 nitrogen and oxygen atoms in total. The smallest absolute Gasteiger partial charge is 0.323 e. The number of amides is 4. The lowest BCUT2D eigenvalue weighted by Gasteiger charge is -2.30. The quantitative estimate of drug-likeness (QED) is 0.521. The summed E-state index contributed by atoms with van der Waals surface area (Å²) in [6.45, 7) is 0.166. The van der Waals surface area contributed by atoms with Crippen molar-refractivity contribution >= 4 is 40.8 Å². The Hall–Kier alpha value is -3.84. The molecule has 3 aromatic carbocycles. The molecular formula is C25H23ClN4O3. The van der Waals surface area contributed by atoms with Gasteiger partial charge in [-0.15, -0.1) is 0 Å². The van der Waals surface area contributed by atoms with Gasteiger partial charge in [-0.1, -0.05) is 66.2 Å². The van der Waals surface area contributed by atoms with Crippen LogP contribution in [0.25, 0.3) is 0 Å². The molecule has 0 fully saturated rings. The van der Waals surface area contributed by atoms with E-state index >= 15 is 0 Å². The van der Waals surface area contributed by atoms with Crippen LogP contribution in [0.4, 0.5) is 16.2 Å². The second kappa shape index (κ2) is 10.2. The maximum Gasteiger partial charge on any atom is 0.323 e. The zero-order valence-corrected chi connectivity index (χ0v) is 18.5. The summed E-state index contributed by atoms with van der Waals surface area (Å²) in [6.07, 6.45) is 0.306. The van der Waals surface area contributed by atoms with E-state index in [4.69, 9.17) is 11.6 Å². The summed E-state index contributed by atoms with van der Waals surface area (Å²) >= 11 is 5.92. The number of halogens is 1. The number of para-hydroxylation sites is 2. The first-order chi connectivity index (χ1) is 16.0. The molecule has 3 N–H and O–H groups in total. The first-order valence-electron chi connectivity index (χ1n) is 10.5. The fourth-order valence-corrected chi connectivity index (χ4v) is 3.74. The normalized spacial score (nSPS) is 13.5. The summed E-state index contributed by atoms with van der Waals surface area (Å²) in [5.41, 5.74) is 2.92. The van der Waals surface area contributed by atoms with Crippen molar-refractivity contribution in [3.63, 3.8) is 0 Å². The average molecular weight is 463 g/mol. The lowest BCUT2D eigenvalue weighted by Crippen LogP contribution is -2.54. The lowest BCUT2D eigenvalue weighted by atomic mass is 10.1. The maximum absolute atomic E-state index is 13.2. The third-order valence-corrected chi connectivity index (χ3v) is 5.54. The summed E-state index contributed by atoms with van der Waals surface area (Å²) in [5, 5.41) is 9.07. The topological polar surface area (TPSA) is 90.5 Å². The van der Waals surface area contributed by atoms with Crippen molar-refractivity contribution < 1.29 is 14.4 Å². The summed E-state index contributed by atoms with van der Waals surface area (Å²) < 4.78 is 0. The molecule has 0 saturated carbocycles. The number of fused-ring (bicyclic) bond motifs is 1. The highest BCUT2D eigenvalue weighted by atomic mass is 35.5. The molecule has 1 atom stereocenters. The van der Waals surface area contributed by atoms with Crippen molar-refractivity contribution in [2.45, 2.75) is 19.0 Å². The van der Waals surface area contributed by atoms with E-state index in [1.807, 2.05) is 42.5 Å². The van der Waals surface area contributed by atoms with Crippen LogP contribution in [0.1, 0.15) is 11.1 Å². The largest absolute Gasteiger partial charge is 0.350 e. The highest BCUT2D eigenvalue weighted by Gasteiger charge is 2.30. The molecule has 8 heteroatoms. The van der Waals surface area contributed by atoms with Crippen LogP contribution >= 0.6 is 11.6 Å². The van der Waals surface area contributed by atoms with Crippen LogP contribution in [0.2, 0.25) is 5.02 Å². The number of urea groups is 1. The molecule has 168 valence electrons. The molecule has 0 bridgehead atoms. The van der Waals surface area contributed by atoms with Crippen LogP contribution in [0.5, 0.6) is 0 Å². The van der Waals surface area contributed by atoms with Gasteiger partial charge in [-0.2, -0.15) is 0 Å². The molecule has 1 aliphatic heterocycles. The molecule has 0 saturated heterocycles. The van der Waals surface area contributed by atoms with E-state index in [2.05, 4.69) is 16.0 Å². The minimum absolute atomic E-state index is 0.132. The molecule has 4 amide bonds. The number of carbonyl (C=O) groups is 3. The van der Waals surface area contributed by atoms with E-state index in [-0.39, 0.29) is 18.4 Å². The molecule has 3 aromatic rings. The van der Waals surface area contributed by atoms with E-state index in [9.17, 15) is 14.4 Å². The highest BCUT2D eigenvalue weighted by Crippen LogP contribution is 2.28. The molecule has 0 radical (unpaired) electrons. The second-order valence-corrected chi connectivity index (χ2v) is 8.12. The van der Waals surface area contributed by atoms with Gasteiger partial charge in [-0.3, -0.25) is 14.5 Å². The number of hydrogen-bond donors (Lipinski definition) is 3. The van der Waals surface area contributed by atoms with Gasteiger partial charge in [0.15, 0.2) is 0 Å². The number of anilines is 2. The van der Waals surface area contributed by atoms with Gasteiger partial charge in [0, 0.05) is 18.0 Å². The third-order valence-electron chi connectivity index (χ3n) is 5.29. The Morgan fingerprint density at radius 2 is 1.64 bits per heavy atom. The van der Waals surface area contributed by atoms with Gasteiger partial charge in [-0.25, -0.2) is 4.79 Å². The van der Waals surface area contributed by atoms with E-state index < -0.39 is 12.1 Å². The minimum atomic E-state index is -0.829. The van der Waals surface area contributed by atoms with Crippen molar-refractivity contribution in [1.82, 2.24) is 10.6 Å². The minimum Gasteiger partial charge on any atom is -0.350 e. The van der Waals surface area contributed by atoms with Crippen LogP contribution in [0.15, 0.2) is 78.9 Å². The number of rotatable bonds is 6. The molecule has 0 aromatic heterocycles. The van der Waals surface area contributed by atoms with Crippen LogP contribution in [-0.4, -0.2) is 30.4 Å². The van der Waals surface area contributed by atoms with Gasteiger partial charge in [0.1, 0.15) is 12.6 Å². The van der Waals surface area contributed by atoms with E-state index in [0.29, 0.717) is 29.4 Å². The molecule has 33 heavy (non-hydrogen) atoms. The zero-order chi connectivity index (χ0) is 23.2. The highest BCUT2D eigenvalue weighted by molar-refractivity contribution is 6.30. The van der Waals surface area contributed by atoms with Gasteiger partial charge >= 0.3 is 6.03 Å². The van der Waals surface area contributed by atoms with Crippen molar-refractivity contribution in [2.24, 2.45) is 0 Å². The monoisotopic (exact) mass is 462 g/mol. The first-order valence-corrected chi connectivity index (χ1v) is 10.9. The van der Waals surface area contributed by atoms with Gasteiger partial charge in [0.2, 0.25) is 11.8 Å². The van der Waals surface area contributed by atoms with Gasteiger partial charge in [0.05, 0.1) is 11.4 Å². The zero-order valence-electron chi connectivity index (χ0n) is 17.8. The third kappa shape index (κ3) is 5.70. The molecular weight excluding hydrogens is 440 g/mol. The number of nitrogens with one attached hydrogen (secondary N) is 3. The Labute approximate surface area is 196 Å². The van der Waals surface area contributed by atoms with Crippen LogP contribution < -0.4 is 20.9 Å². The Bertz CT molecular complexity index is 1150. The molecule has 0 unspecified atom stereocenters. The van der Waals surface area contributed by atoms with E-state index in [0.717, 1.165) is 11.1 Å². The predicted molar refractivity (Wildman–Crippen MR) is 128 cm³/mol. The van der Waals surface area contributed by atoms with Crippen molar-refractivity contribution in [2.75, 3.05) is 16.8 Å². The maximum atomic E-state index is 13.2. The first kappa shape index (κ1) is 22.4. The summed E-state index contributed by atoms with van der Waals surface area (Å²) in [4.78, 5) is 39.7. The summed E-state index contributed by atoms with van der Waals surface area (Å²) in [7, 11) is 0. The van der Waals surface area contributed by atoms with Crippen LogP contribution in [0, 0.1) is 0 Å². The Morgan fingerprint density at radius 3 is 2.39 bits per heavy atom. The number of benzene rings is 3. The molecule has 1 heterocycles. The molecule has 1 aliphatic rings. The summed E-state index contributed by atoms with van der Waals surface area (Å²) in [6, 6.07) is 22.3. The summed E-state index contributed by atoms with van der Waals surface area (Å²) in [5.74, 6) is -0.618. The molecule has 0 spiro atoms. The Balaban J connectivity index is 1.50. The standard InChI is InChI=1S/C25H23ClN4O3/c26-19-12-10-18(11-13-19)15-27-24(32)21(14-17-6-2-1-3-7-17)29-25(33)30-16-23(31)28-20-8-4-5-9-22(20)30/h1-13,21H,14-16H2,(H,27,32)(H,28,31)(H,29,33)/t21-/m1/s1. The second-order valence-electron chi connectivity index (χ2n) is 7.69. The Morgan fingerprint density at radius 1 is 0.939 bits per heavy atom. The van der Waals surface area contributed by atoms with E-state index in [1.54, 1.807) is 36.4 Å². The average Bonchev–Trinajstić information content (AvgIpc) is 2.83. The van der Waals surface area contributed by atoms with Crippen molar-refractivity contribution in [3.8, 4) is 0 Å². The number of carbonyl (C=O) groups excluding carboxylic acids is 3.